The van der Waals surface area contributed by atoms with Crippen molar-refractivity contribution in [1.29, 1.82) is 0 Å². The summed E-state index contributed by atoms with van der Waals surface area (Å²) in [4.78, 5) is 9.59. The van der Waals surface area contributed by atoms with Gasteiger partial charge in [-0.15, -0.1) is 0 Å². The first-order valence-corrected chi connectivity index (χ1v) is 1.25. The molecule has 0 N–H and O–H groups in total. The summed E-state index contributed by atoms with van der Waals surface area (Å²) in [5.74, 6) is 0. The van der Waals surface area contributed by atoms with E-state index in [2.05, 4.69) is 4.74 Å². The van der Waals surface area contributed by atoms with Gasteiger partial charge in [-0.1, -0.05) is 0 Å². The van der Waals surface area contributed by atoms with Crippen LogP contribution in [-0.4, -0.2) is 20.0 Å². The van der Waals surface area contributed by atoms with E-state index in [-0.39, 0.29) is 6.61 Å². The highest BCUT2D eigenvalue weighted by Crippen LogP contribution is 1.50. The molecule has 0 rings (SSSR count). The van der Waals surface area contributed by atoms with E-state index >= 15 is 0 Å². The third-order valence-electron chi connectivity index (χ3n) is 0.203. The average Bonchev–Trinajstić information content (AvgIpc) is 1.35. The van der Waals surface area contributed by atoms with Gasteiger partial charge in [-0.25, -0.2) is 0 Å². The fourth-order valence-corrected chi connectivity index (χ4v) is 0.0589. The molecule has 0 aliphatic heterocycles. The molecule has 0 bridgehead atoms. The second-order valence-electron chi connectivity index (χ2n) is 0.577. The molecule has 0 amide bonds. The Labute approximate surface area is 32.1 Å². The zero-order chi connectivity index (χ0) is 4.99. The van der Waals surface area contributed by atoms with E-state index in [1.54, 1.807) is 0 Å². The van der Waals surface area contributed by atoms with Crippen LogP contribution in [0, 0.1) is 0 Å². The molecule has 0 aromatic heterocycles. The molecule has 0 fully saturated rings. The lowest BCUT2D eigenvalue weighted by atomic mass is 10.8. The number of hydrogen-bond donors (Lipinski definition) is 0. The number of ether oxygens (including phenoxy) is 1. The normalized spacial score (nSPS) is 10.2. The number of carbonyl (C=O) groups is 1. The van der Waals surface area contributed by atoms with E-state index in [1.165, 1.54) is 7.11 Å². The van der Waals surface area contributed by atoms with Crippen LogP contribution in [-0.2, 0) is 9.53 Å². The van der Waals surface area contributed by atoms with Gasteiger partial charge < -0.3 is 9.53 Å². The lowest BCUT2D eigenvalue weighted by Gasteiger charge is -1.76. The summed E-state index contributed by atoms with van der Waals surface area (Å²) in [6.07, 6.45) is -0.683. The zero-order valence-electron chi connectivity index (χ0n) is 4.02. The molecule has 30 valence electrons. The Morgan fingerprint density at radius 2 is 3.00 bits per heavy atom. The fourth-order valence-electron chi connectivity index (χ4n) is 0.0589. The van der Waals surface area contributed by atoms with E-state index in [0.717, 1.165) is 0 Å². The van der Waals surface area contributed by atoms with Crippen LogP contribution >= 0.6 is 0 Å². The van der Waals surface area contributed by atoms with Gasteiger partial charge in [-0.05, 0) is 0 Å². The number of hydrogen-bond acceptors (Lipinski definition) is 2. The van der Waals surface area contributed by atoms with E-state index in [1.807, 2.05) is 0 Å². The van der Waals surface area contributed by atoms with Crippen molar-refractivity contribution in [2.24, 2.45) is 0 Å². The Hall–Kier alpha value is -0.370. The first kappa shape index (κ1) is 2.85. The minimum atomic E-state index is -0.683. The van der Waals surface area contributed by atoms with Crippen molar-refractivity contribution >= 4 is 6.26 Å². The second kappa shape index (κ2) is 3.63. The van der Waals surface area contributed by atoms with Gasteiger partial charge in [-0.2, -0.15) is 0 Å². The number of aldehydes is 1. The Kier molecular flexibility index (Phi) is 2.07. The summed E-state index contributed by atoms with van der Waals surface area (Å²) >= 11 is 0. The van der Waals surface area contributed by atoms with Gasteiger partial charge in [0.15, 0.2) is 0 Å². The topological polar surface area (TPSA) is 26.3 Å². The molecule has 0 saturated heterocycles. The summed E-state index contributed by atoms with van der Waals surface area (Å²) in [5.41, 5.74) is 0. The van der Waals surface area contributed by atoms with Crippen LogP contribution < -0.4 is 0 Å². The van der Waals surface area contributed by atoms with Crippen molar-refractivity contribution in [3.63, 3.8) is 0 Å². The lowest BCUT2D eigenvalue weighted by Crippen LogP contribution is -1.84. The molecule has 0 heterocycles. The van der Waals surface area contributed by atoms with Crippen LogP contribution in [0.25, 0.3) is 0 Å². The summed E-state index contributed by atoms with van der Waals surface area (Å²) < 4.78 is 10.5. The molecule has 2 heteroatoms. The van der Waals surface area contributed by atoms with E-state index in [9.17, 15) is 4.79 Å². The molecule has 2 nitrogen and oxygen atoms in total. The van der Waals surface area contributed by atoms with Gasteiger partial charge in [0.25, 0.3) is 0 Å². The average molecular weight is 75.1 g/mol. The molecule has 0 aromatic rings. The SMILES string of the molecule is [2H]C(=O)COC. The number of rotatable bonds is 2. The highest BCUT2D eigenvalue weighted by molar-refractivity contribution is 5.50. The largest absolute Gasteiger partial charge is 0.377 e. The van der Waals surface area contributed by atoms with Gasteiger partial charge in [0, 0.05) is 7.11 Å². The van der Waals surface area contributed by atoms with Crippen molar-refractivity contribution in [2.75, 3.05) is 13.7 Å². The standard InChI is InChI=1S/C3H6O2/c1-5-3-2-4/h2H,3H2,1H3/i2D. The van der Waals surface area contributed by atoms with Gasteiger partial charge in [0.2, 0.25) is 0 Å². The van der Waals surface area contributed by atoms with Gasteiger partial charge in [0.05, 0.1) is 0 Å². The van der Waals surface area contributed by atoms with Crippen molar-refractivity contribution < 1.29 is 10.9 Å². The molecule has 0 aliphatic rings. The molecule has 0 spiro atoms. The molecule has 0 saturated carbocycles. The zero-order valence-corrected chi connectivity index (χ0v) is 3.02. The Morgan fingerprint density at radius 1 is 2.40 bits per heavy atom. The van der Waals surface area contributed by atoms with Crippen LogP contribution in [0.3, 0.4) is 0 Å². The maximum Gasteiger partial charge on any atom is 0.145 e. The molecule has 0 aliphatic carbocycles. The van der Waals surface area contributed by atoms with Crippen LogP contribution in [0.4, 0.5) is 0 Å². The summed E-state index contributed by atoms with van der Waals surface area (Å²) in [5, 5.41) is 0. The Morgan fingerprint density at radius 3 is 3.00 bits per heavy atom. The summed E-state index contributed by atoms with van der Waals surface area (Å²) in [6.45, 7) is -0.0972. The first-order valence-electron chi connectivity index (χ1n) is 1.75. The minimum Gasteiger partial charge on any atom is -0.377 e. The van der Waals surface area contributed by atoms with Crippen molar-refractivity contribution in [3.8, 4) is 0 Å². The van der Waals surface area contributed by atoms with Gasteiger partial charge >= 0.3 is 0 Å². The van der Waals surface area contributed by atoms with Crippen LogP contribution in [0.5, 0.6) is 0 Å². The Bertz CT molecular complexity index is 52.8. The van der Waals surface area contributed by atoms with Crippen molar-refractivity contribution in [2.45, 2.75) is 0 Å². The number of methoxy groups -OCH3 is 1. The van der Waals surface area contributed by atoms with Crippen LogP contribution in [0.2, 0.25) is 0 Å². The molecule has 5 heavy (non-hydrogen) atoms. The minimum absolute atomic E-state index is 0.0972. The second-order valence-corrected chi connectivity index (χ2v) is 0.577. The lowest BCUT2D eigenvalue weighted by molar-refractivity contribution is -0.110. The molecular formula is C3H6O2. The quantitative estimate of drug-likeness (QED) is 0.426. The highest BCUT2D eigenvalue weighted by atomic mass is 16.5. The molecular weight excluding hydrogens is 68.0 g/mol. The fraction of sp³-hybridized carbons (Fsp3) is 0.667. The third kappa shape index (κ3) is 3.63. The first-order chi connectivity index (χ1) is 2.77. The highest BCUT2D eigenvalue weighted by Gasteiger charge is 1.64. The molecule has 0 atom stereocenters. The smallest absolute Gasteiger partial charge is 0.145 e. The summed E-state index contributed by atoms with van der Waals surface area (Å²) in [7, 11) is 1.38. The van der Waals surface area contributed by atoms with Crippen molar-refractivity contribution in [1.82, 2.24) is 0 Å². The molecule has 0 radical (unpaired) electrons. The van der Waals surface area contributed by atoms with Crippen LogP contribution in [0.1, 0.15) is 1.37 Å². The molecule has 0 unspecified atom stereocenters. The maximum atomic E-state index is 9.59. The molecule has 0 aromatic carbocycles. The monoisotopic (exact) mass is 75.0 g/mol. The van der Waals surface area contributed by atoms with Crippen molar-refractivity contribution in [3.05, 3.63) is 0 Å². The predicted octanol–water partition coefficient (Wildman–Crippen LogP) is -0.168. The van der Waals surface area contributed by atoms with E-state index in [0.29, 0.717) is 0 Å². The van der Waals surface area contributed by atoms with Crippen LogP contribution in [0.15, 0.2) is 0 Å². The van der Waals surface area contributed by atoms with E-state index in [4.69, 9.17) is 1.37 Å². The van der Waals surface area contributed by atoms with Gasteiger partial charge in [0.1, 0.15) is 14.2 Å². The Balaban J connectivity index is 2.83. The predicted molar refractivity (Wildman–Crippen MR) is 17.9 cm³/mol. The third-order valence-corrected chi connectivity index (χ3v) is 0.203. The number of carbonyl (C=O) groups excluding carboxylic acids is 1. The maximum absolute atomic E-state index is 9.59. The van der Waals surface area contributed by atoms with E-state index < -0.39 is 6.26 Å². The van der Waals surface area contributed by atoms with Gasteiger partial charge in [-0.3, -0.25) is 0 Å². The summed E-state index contributed by atoms with van der Waals surface area (Å²) in [6, 6.07) is 0.